The molecule has 0 radical (unpaired) electrons. The molecule has 1 unspecified atom stereocenters. The van der Waals surface area contributed by atoms with E-state index in [1.54, 1.807) is 18.2 Å². The molecule has 0 aromatic heterocycles. The van der Waals surface area contributed by atoms with Gasteiger partial charge in [0, 0.05) is 17.8 Å². The third-order valence-corrected chi connectivity index (χ3v) is 5.90. The molecule has 1 heterocycles. The fraction of sp³-hybridized carbons (Fsp3) is 0.300. The van der Waals surface area contributed by atoms with Crippen LogP contribution in [-0.4, -0.2) is 11.7 Å². The molecule has 3 rings (SSSR count). The Labute approximate surface area is 160 Å². The molecule has 27 heavy (non-hydrogen) atoms. The number of hydrogen-bond acceptors (Lipinski definition) is 4. The number of alkyl halides is 3. The third kappa shape index (κ3) is 4.45. The highest BCUT2D eigenvalue weighted by atomic mass is 32.2. The summed E-state index contributed by atoms with van der Waals surface area (Å²) in [5.41, 5.74) is 1.23. The van der Waals surface area contributed by atoms with Crippen molar-refractivity contribution in [2.75, 3.05) is 6.54 Å². The molecule has 3 nitrogen and oxygen atoms in total. The Bertz CT molecular complexity index is 885. The molecule has 2 aromatic rings. The molecule has 0 spiro atoms. The van der Waals surface area contributed by atoms with Crippen LogP contribution in [0, 0.1) is 11.3 Å². The number of nitrogens with zero attached hydrogens (tertiary/aromatic N) is 2. The molecule has 0 bridgehead atoms. The van der Waals surface area contributed by atoms with Gasteiger partial charge in [0.05, 0.1) is 17.2 Å². The van der Waals surface area contributed by atoms with E-state index in [1.165, 1.54) is 23.9 Å². The SMILES string of the molecule is CC1(c2ccc(C#N)cc2)CCN=C(NCc2ccccc2C(F)(F)F)S1. The Kier molecular flexibility index (Phi) is 5.47. The van der Waals surface area contributed by atoms with Crippen molar-refractivity contribution in [2.45, 2.75) is 30.8 Å². The van der Waals surface area contributed by atoms with Gasteiger partial charge in [-0.3, -0.25) is 4.99 Å². The van der Waals surface area contributed by atoms with Crippen molar-refractivity contribution in [1.29, 1.82) is 5.26 Å². The van der Waals surface area contributed by atoms with Gasteiger partial charge in [0.2, 0.25) is 0 Å². The average molecular weight is 389 g/mol. The van der Waals surface area contributed by atoms with E-state index in [9.17, 15) is 13.2 Å². The topological polar surface area (TPSA) is 48.2 Å². The summed E-state index contributed by atoms with van der Waals surface area (Å²) in [5.74, 6) is 0. The largest absolute Gasteiger partial charge is 0.416 e. The second-order valence-corrected chi connectivity index (χ2v) is 7.96. The first-order valence-electron chi connectivity index (χ1n) is 8.45. The molecule has 0 aliphatic carbocycles. The molecule has 0 saturated carbocycles. The van der Waals surface area contributed by atoms with Crippen molar-refractivity contribution in [3.05, 3.63) is 70.8 Å². The summed E-state index contributed by atoms with van der Waals surface area (Å²) in [6, 6.07) is 15.1. The normalized spacial score (nSPS) is 19.9. The zero-order valence-electron chi connectivity index (χ0n) is 14.7. The van der Waals surface area contributed by atoms with E-state index in [1.807, 2.05) is 12.1 Å². The highest BCUT2D eigenvalue weighted by molar-refractivity contribution is 8.14. The number of benzene rings is 2. The molecule has 2 aromatic carbocycles. The van der Waals surface area contributed by atoms with Crippen LogP contribution in [0.4, 0.5) is 13.2 Å². The smallest absolute Gasteiger partial charge is 0.361 e. The molecule has 0 fully saturated rings. The van der Waals surface area contributed by atoms with Crippen molar-refractivity contribution in [1.82, 2.24) is 5.32 Å². The van der Waals surface area contributed by atoms with Crippen LogP contribution in [0.5, 0.6) is 0 Å². The highest BCUT2D eigenvalue weighted by Crippen LogP contribution is 2.42. The van der Waals surface area contributed by atoms with Gasteiger partial charge in [0.15, 0.2) is 5.17 Å². The van der Waals surface area contributed by atoms with E-state index < -0.39 is 11.7 Å². The van der Waals surface area contributed by atoms with Gasteiger partial charge in [-0.15, -0.1) is 0 Å². The number of nitrogens with one attached hydrogen (secondary N) is 1. The van der Waals surface area contributed by atoms with Gasteiger partial charge in [0.25, 0.3) is 0 Å². The summed E-state index contributed by atoms with van der Waals surface area (Å²) in [6.45, 7) is 2.73. The van der Waals surface area contributed by atoms with Crippen LogP contribution in [0.25, 0.3) is 0 Å². The fourth-order valence-corrected chi connectivity index (χ4v) is 4.16. The molecule has 140 valence electrons. The molecular formula is C20H18F3N3S. The molecule has 1 atom stereocenters. The number of rotatable bonds is 3. The summed E-state index contributed by atoms with van der Waals surface area (Å²) in [4.78, 5) is 4.43. The molecule has 1 N–H and O–H groups in total. The van der Waals surface area contributed by atoms with Crippen LogP contribution in [-0.2, 0) is 17.5 Å². The standard InChI is InChI=1S/C20H18F3N3S/c1-19(16-8-6-14(12-24)7-9-16)10-11-25-18(27-19)26-13-15-4-2-3-5-17(15)20(21,22)23/h2-9H,10-11,13H2,1H3,(H,25,26). The van der Waals surface area contributed by atoms with E-state index in [0.717, 1.165) is 18.1 Å². The molecule has 0 amide bonds. The van der Waals surface area contributed by atoms with Gasteiger partial charge in [-0.25, -0.2) is 0 Å². The number of hydrogen-bond donors (Lipinski definition) is 1. The first kappa shape index (κ1) is 19.3. The van der Waals surface area contributed by atoms with Gasteiger partial charge in [0.1, 0.15) is 0 Å². The van der Waals surface area contributed by atoms with Gasteiger partial charge >= 0.3 is 6.18 Å². The minimum absolute atomic E-state index is 0.0605. The number of aliphatic imine (C=N–C) groups is 1. The fourth-order valence-electron chi connectivity index (χ4n) is 2.98. The maximum atomic E-state index is 13.1. The number of halogens is 3. The Balaban J connectivity index is 1.72. The van der Waals surface area contributed by atoms with Gasteiger partial charge in [-0.05, 0) is 42.7 Å². The monoisotopic (exact) mass is 389 g/mol. The first-order chi connectivity index (χ1) is 12.8. The summed E-state index contributed by atoms with van der Waals surface area (Å²) < 4.78 is 39.2. The van der Waals surface area contributed by atoms with Gasteiger partial charge in [-0.2, -0.15) is 18.4 Å². The Morgan fingerprint density at radius 3 is 2.56 bits per heavy atom. The lowest BCUT2D eigenvalue weighted by Gasteiger charge is -2.33. The lowest BCUT2D eigenvalue weighted by atomic mass is 9.95. The third-order valence-electron chi connectivity index (χ3n) is 4.54. The Hall–Kier alpha value is -2.46. The lowest BCUT2D eigenvalue weighted by Crippen LogP contribution is -2.32. The van der Waals surface area contributed by atoms with Crippen molar-refractivity contribution in [2.24, 2.45) is 4.99 Å². The first-order valence-corrected chi connectivity index (χ1v) is 9.26. The maximum absolute atomic E-state index is 13.1. The molecule has 1 aliphatic heterocycles. The van der Waals surface area contributed by atoms with Crippen LogP contribution in [0.1, 0.15) is 35.6 Å². The second-order valence-electron chi connectivity index (χ2n) is 6.47. The van der Waals surface area contributed by atoms with E-state index in [0.29, 0.717) is 17.3 Å². The molecular weight excluding hydrogens is 371 g/mol. The predicted molar refractivity (Wildman–Crippen MR) is 101 cm³/mol. The van der Waals surface area contributed by atoms with Crippen molar-refractivity contribution >= 4 is 16.9 Å². The van der Waals surface area contributed by atoms with Crippen LogP contribution in [0.2, 0.25) is 0 Å². The van der Waals surface area contributed by atoms with Gasteiger partial charge in [-0.1, -0.05) is 42.1 Å². The summed E-state index contributed by atoms with van der Waals surface area (Å²) in [5, 5.41) is 12.6. The van der Waals surface area contributed by atoms with Crippen molar-refractivity contribution in [3.8, 4) is 6.07 Å². The molecule has 7 heteroatoms. The molecule has 1 aliphatic rings. The van der Waals surface area contributed by atoms with Crippen LogP contribution in [0.3, 0.4) is 0 Å². The zero-order valence-corrected chi connectivity index (χ0v) is 15.5. The highest BCUT2D eigenvalue weighted by Gasteiger charge is 2.34. The Morgan fingerprint density at radius 1 is 1.19 bits per heavy atom. The zero-order chi connectivity index (χ0) is 19.5. The minimum Gasteiger partial charge on any atom is -0.361 e. The van der Waals surface area contributed by atoms with Crippen molar-refractivity contribution in [3.63, 3.8) is 0 Å². The summed E-state index contributed by atoms with van der Waals surface area (Å²) in [6.07, 6.45) is -3.56. The van der Waals surface area contributed by atoms with Crippen LogP contribution < -0.4 is 5.32 Å². The Morgan fingerprint density at radius 2 is 1.89 bits per heavy atom. The predicted octanol–water partition coefficient (Wildman–Crippen LogP) is 5.07. The van der Waals surface area contributed by atoms with Gasteiger partial charge < -0.3 is 5.32 Å². The number of amidine groups is 1. The lowest BCUT2D eigenvalue weighted by molar-refractivity contribution is -0.138. The average Bonchev–Trinajstić information content (AvgIpc) is 2.66. The van der Waals surface area contributed by atoms with Crippen LogP contribution >= 0.6 is 11.8 Å². The maximum Gasteiger partial charge on any atom is 0.416 e. The van der Waals surface area contributed by atoms with E-state index >= 15 is 0 Å². The summed E-state index contributed by atoms with van der Waals surface area (Å²) in [7, 11) is 0. The number of nitriles is 1. The van der Waals surface area contributed by atoms with E-state index in [4.69, 9.17) is 5.26 Å². The minimum atomic E-state index is -4.38. The quantitative estimate of drug-likeness (QED) is 0.797. The number of thioether (sulfide) groups is 1. The van der Waals surface area contributed by atoms with E-state index in [-0.39, 0.29) is 16.9 Å². The van der Waals surface area contributed by atoms with Crippen LogP contribution in [0.15, 0.2) is 53.5 Å². The summed E-state index contributed by atoms with van der Waals surface area (Å²) >= 11 is 1.51. The molecule has 0 saturated heterocycles. The van der Waals surface area contributed by atoms with E-state index in [2.05, 4.69) is 23.3 Å². The second kappa shape index (κ2) is 7.65. The van der Waals surface area contributed by atoms with Crippen molar-refractivity contribution < 1.29 is 13.2 Å².